The molecule has 0 radical (unpaired) electrons. The van der Waals surface area contributed by atoms with Gasteiger partial charge in [-0.05, 0) is 36.1 Å². The molecule has 0 unspecified atom stereocenters. The fourth-order valence-corrected chi connectivity index (χ4v) is 4.13. The van der Waals surface area contributed by atoms with E-state index in [0.29, 0.717) is 18.8 Å². The van der Waals surface area contributed by atoms with E-state index >= 15 is 0 Å². The van der Waals surface area contributed by atoms with Gasteiger partial charge in [-0.25, -0.2) is 0 Å². The third-order valence-corrected chi connectivity index (χ3v) is 5.80. The number of carbonyl (C=O) groups excluding carboxylic acids is 2. The Bertz CT molecular complexity index is 961. The summed E-state index contributed by atoms with van der Waals surface area (Å²) in [6.45, 7) is 1.24. The standard InChI is InChI=1S/C27H28N2O3/c30-25(20-32-24-14-8-3-9-15-24)28-23-16-18-29(19-17-23)27(31)26(21-10-4-1-5-11-21)22-12-6-2-7-13-22/h1-15,23,26H,16-20H2,(H,28,30). The third-order valence-electron chi connectivity index (χ3n) is 5.80. The molecule has 1 aliphatic rings. The smallest absolute Gasteiger partial charge is 0.258 e. The van der Waals surface area contributed by atoms with E-state index < -0.39 is 0 Å². The van der Waals surface area contributed by atoms with Crippen molar-refractivity contribution in [1.29, 1.82) is 0 Å². The fourth-order valence-electron chi connectivity index (χ4n) is 4.13. The average molecular weight is 429 g/mol. The molecule has 0 aliphatic carbocycles. The number of carbonyl (C=O) groups is 2. The van der Waals surface area contributed by atoms with Gasteiger partial charge in [0, 0.05) is 19.1 Å². The van der Waals surface area contributed by atoms with Crippen LogP contribution in [0.3, 0.4) is 0 Å². The maximum atomic E-state index is 13.5. The Balaban J connectivity index is 1.33. The summed E-state index contributed by atoms with van der Waals surface area (Å²) >= 11 is 0. The predicted molar refractivity (Wildman–Crippen MR) is 124 cm³/mol. The van der Waals surface area contributed by atoms with E-state index in [-0.39, 0.29) is 30.4 Å². The lowest BCUT2D eigenvalue weighted by atomic mass is 9.89. The molecule has 1 N–H and O–H groups in total. The van der Waals surface area contributed by atoms with Crippen LogP contribution >= 0.6 is 0 Å². The summed E-state index contributed by atoms with van der Waals surface area (Å²) in [4.78, 5) is 27.7. The van der Waals surface area contributed by atoms with Crippen LogP contribution < -0.4 is 10.1 Å². The molecule has 5 heteroatoms. The highest BCUT2D eigenvalue weighted by molar-refractivity contribution is 5.87. The van der Waals surface area contributed by atoms with Gasteiger partial charge in [-0.15, -0.1) is 0 Å². The van der Waals surface area contributed by atoms with E-state index in [9.17, 15) is 9.59 Å². The molecule has 1 fully saturated rings. The molecule has 32 heavy (non-hydrogen) atoms. The number of likely N-dealkylation sites (tertiary alicyclic amines) is 1. The first kappa shape index (κ1) is 21.6. The first-order valence-corrected chi connectivity index (χ1v) is 11.1. The van der Waals surface area contributed by atoms with Crippen LogP contribution in [0.4, 0.5) is 0 Å². The van der Waals surface area contributed by atoms with E-state index in [2.05, 4.69) is 5.32 Å². The van der Waals surface area contributed by atoms with Crippen LogP contribution in [0.15, 0.2) is 91.0 Å². The second-order valence-corrected chi connectivity index (χ2v) is 8.02. The van der Waals surface area contributed by atoms with Gasteiger partial charge in [0.1, 0.15) is 5.75 Å². The lowest BCUT2D eigenvalue weighted by Gasteiger charge is -2.35. The number of amides is 2. The maximum Gasteiger partial charge on any atom is 0.258 e. The van der Waals surface area contributed by atoms with E-state index in [1.165, 1.54) is 0 Å². The molecule has 164 valence electrons. The molecule has 5 nitrogen and oxygen atoms in total. The van der Waals surface area contributed by atoms with E-state index in [1.807, 2.05) is 95.9 Å². The van der Waals surface area contributed by atoms with Crippen molar-refractivity contribution in [2.24, 2.45) is 0 Å². The summed E-state index contributed by atoms with van der Waals surface area (Å²) in [6.07, 6.45) is 1.47. The van der Waals surface area contributed by atoms with Crippen molar-refractivity contribution in [2.45, 2.75) is 24.8 Å². The number of hydrogen-bond acceptors (Lipinski definition) is 3. The van der Waals surface area contributed by atoms with Crippen LogP contribution in [0.2, 0.25) is 0 Å². The van der Waals surface area contributed by atoms with Gasteiger partial charge in [0.2, 0.25) is 5.91 Å². The minimum absolute atomic E-state index is 0.00670. The Morgan fingerprint density at radius 3 is 1.84 bits per heavy atom. The van der Waals surface area contributed by atoms with Crippen LogP contribution in [-0.2, 0) is 9.59 Å². The van der Waals surface area contributed by atoms with Crippen molar-refractivity contribution < 1.29 is 14.3 Å². The van der Waals surface area contributed by atoms with Crippen LogP contribution in [0, 0.1) is 0 Å². The highest BCUT2D eigenvalue weighted by Crippen LogP contribution is 2.28. The van der Waals surface area contributed by atoms with E-state index in [4.69, 9.17) is 4.74 Å². The van der Waals surface area contributed by atoms with Crippen molar-refractivity contribution in [1.82, 2.24) is 10.2 Å². The molecule has 1 heterocycles. The zero-order valence-electron chi connectivity index (χ0n) is 18.0. The summed E-state index contributed by atoms with van der Waals surface area (Å²) in [5, 5.41) is 3.04. The molecule has 4 rings (SSSR count). The second kappa shape index (κ2) is 10.6. The van der Waals surface area contributed by atoms with Gasteiger partial charge >= 0.3 is 0 Å². The summed E-state index contributed by atoms with van der Waals surface area (Å²) in [6, 6.07) is 29.2. The quantitative estimate of drug-likeness (QED) is 0.619. The van der Waals surface area contributed by atoms with Gasteiger partial charge in [0.25, 0.3) is 5.91 Å². The number of hydrogen-bond donors (Lipinski definition) is 1. The van der Waals surface area contributed by atoms with Crippen LogP contribution in [0.25, 0.3) is 0 Å². The Hall–Kier alpha value is -3.60. The summed E-state index contributed by atoms with van der Waals surface area (Å²) in [5.74, 6) is 0.336. The Labute approximate surface area is 189 Å². The van der Waals surface area contributed by atoms with Gasteiger partial charge in [-0.2, -0.15) is 0 Å². The molecule has 0 saturated carbocycles. The summed E-state index contributed by atoms with van der Waals surface area (Å²) in [5.41, 5.74) is 1.99. The Morgan fingerprint density at radius 2 is 1.31 bits per heavy atom. The fraction of sp³-hybridized carbons (Fsp3) is 0.259. The zero-order chi connectivity index (χ0) is 22.2. The van der Waals surface area contributed by atoms with Crippen molar-refractivity contribution >= 4 is 11.8 Å². The first-order valence-electron chi connectivity index (χ1n) is 11.1. The lowest BCUT2D eigenvalue weighted by Crippen LogP contribution is -2.48. The number of benzene rings is 3. The molecule has 3 aromatic carbocycles. The van der Waals surface area contributed by atoms with E-state index in [0.717, 1.165) is 24.0 Å². The third kappa shape index (κ3) is 5.55. The summed E-state index contributed by atoms with van der Waals surface area (Å²) in [7, 11) is 0. The zero-order valence-corrected chi connectivity index (χ0v) is 18.0. The van der Waals surface area contributed by atoms with Gasteiger partial charge in [0.05, 0.1) is 5.92 Å². The molecular weight excluding hydrogens is 400 g/mol. The first-order chi connectivity index (χ1) is 15.7. The molecular formula is C27H28N2O3. The number of piperidine rings is 1. The highest BCUT2D eigenvalue weighted by atomic mass is 16.5. The van der Waals surface area contributed by atoms with Gasteiger partial charge < -0.3 is 15.0 Å². The minimum atomic E-state index is -0.317. The SMILES string of the molecule is O=C(COc1ccccc1)NC1CCN(C(=O)C(c2ccccc2)c2ccccc2)CC1. The molecule has 0 bridgehead atoms. The van der Waals surface area contributed by atoms with E-state index in [1.54, 1.807) is 0 Å². The molecule has 1 saturated heterocycles. The molecule has 0 spiro atoms. The maximum absolute atomic E-state index is 13.5. The normalized spacial score (nSPS) is 14.2. The second-order valence-electron chi connectivity index (χ2n) is 8.02. The monoisotopic (exact) mass is 428 g/mol. The van der Waals surface area contributed by atoms with Gasteiger partial charge in [0.15, 0.2) is 6.61 Å². The number of nitrogens with zero attached hydrogens (tertiary/aromatic N) is 1. The Kier molecular flexibility index (Phi) is 7.18. The Morgan fingerprint density at radius 1 is 0.812 bits per heavy atom. The van der Waals surface area contributed by atoms with Crippen molar-refractivity contribution in [2.75, 3.05) is 19.7 Å². The van der Waals surface area contributed by atoms with Gasteiger partial charge in [-0.3, -0.25) is 9.59 Å². The van der Waals surface area contributed by atoms with Crippen molar-refractivity contribution in [3.63, 3.8) is 0 Å². The molecule has 0 aromatic heterocycles. The van der Waals surface area contributed by atoms with Crippen LogP contribution in [-0.4, -0.2) is 42.5 Å². The van der Waals surface area contributed by atoms with Crippen LogP contribution in [0.1, 0.15) is 29.9 Å². The number of rotatable bonds is 7. The van der Waals surface area contributed by atoms with Gasteiger partial charge in [-0.1, -0.05) is 78.9 Å². The van der Waals surface area contributed by atoms with Crippen molar-refractivity contribution in [3.8, 4) is 5.75 Å². The van der Waals surface area contributed by atoms with Crippen LogP contribution in [0.5, 0.6) is 5.75 Å². The lowest BCUT2D eigenvalue weighted by molar-refractivity contribution is -0.133. The highest BCUT2D eigenvalue weighted by Gasteiger charge is 2.30. The number of nitrogens with one attached hydrogen (secondary N) is 1. The molecule has 0 atom stereocenters. The minimum Gasteiger partial charge on any atom is -0.484 e. The van der Waals surface area contributed by atoms with Crippen molar-refractivity contribution in [3.05, 3.63) is 102 Å². The number of ether oxygens (including phenoxy) is 1. The largest absolute Gasteiger partial charge is 0.484 e. The molecule has 2 amide bonds. The average Bonchev–Trinajstić information content (AvgIpc) is 2.85. The predicted octanol–water partition coefficient (Wildman–Crippen LogP) is 4.00. The topological polar surface area (TPSA) is 58.6 Å². The number of para-hydroxylation sites is 1. The molecule has 3 aromatic rings. The molecule has 1 aliphatic heterocycles. The summed E-state index contributed by atoms with van der Waals surface area (Å²) < 4.78 is 5.52.